The molecule has 2 saturated carbocycles. The number of nitrogens with one attached hydrogen (secondary N) is 1. The van der Waals surface area contributed by atoms with Gasteiger partial charge in [-0.25, -0.2) is 0 Å². The molecule has 0 heterocycles. The van der Waals surface area contributed by atoms with Crippen molar-refractivity contribution in [3.63, 3.8) is 0 Å². The van der Waals surface area contributed by atoms with Crippen molar-refractivity contribution >= 4 is 0 Å². The average Bonchev–Trinajstić information content (AvgIpc) is 2.34. The molecule has 100 valence electrons. The van der Waals surface area contributed by atoms with Crippen LogP contribution in [0.2, 0.25) is 0 Å². The monoisotopic (exact) mass is 239 g/mol. The van der Waals surface area contributed by atoms with E-state index in [0.29, 0.717) is 12.1 Å². The highest BCUT2D eigenvalue weighted by Gasteiger charge is 2.20. The lowest BCUT2D eigenvalue weighted by Crippen LogP contribution is -2.36. The predicted molar refractivity (Wildman–Crippen MR) is 71.9 cm³/mol. The van der Waals surface area contributed by atoms with Gasteiger partial charge in [0.05, 0.1) is 12.8 Å². The van der Waals surface area contributed by atoms with Crippen LogP contribution in [0.5, 0.6) is 0 Å². The highest BCUT2D eigenvalue weighted by atomic mass is 16.5. The summed E-state index contributed by atoms with van der Waals surface area (Å²) < 4.78 is 5.95. The van der Waals surface area contributed by atoms with Crippen molar-refractivity contribution in [2.45, 2.75) is 77.4 Å². The molecule has 2 fully saturated rings. The van der Waals surface area contributed by atoms with Gasteiger partial charge in [0.2, 0.25) is 0 Å². The topological polar surface area (TPSA) is 21.3 Å². The lowest BCUT2D eigenvalue weighted by Gasteiger charge is -2.29. The van der Waals surface area contributed by atoms with E-state index in [-0.39, 0.29) is 0 Å². The van der Waals surface area contributed by atoms with Crippen LogP contribution in [0.1, 0.15) is 65.2 Å². The van der Waals surface area contributed by atoms with Crippen molar-refractivity contribution in [1.29, 1.82) is 0 Å². The first-order valence-corrected chi connectivity index (χ1v) is 7.59. The van der Waals surface area contributed by atoms with E-state index in [1.54, 1.807) is 0 Å². The van der Waals surface area contributed by atoms with Gasteiger partial charge < -0.3 is 4.74 Å². The molecule has 0 spiro atoms. The molecule has 0 atom stereocenters. The zero-order valence-corrected chi connectivity index (χ0v) is 11.6. The van der Waals surface area contributed by atoms with Crippen LogP contribution in [0.15, 0.2) is 0 Å². The summed E-state index contributed by atoms with van der Waals surface area (Å²) >= 11 is 0. The Hall–Kier alpha value is -0.0800. The van der Waals surface area contributed by atoms with E-state index in [1.807, 2.05) is 0 Å². The quantitative estimate of drug-likeness (QED) is 0.755. The Labute approximate surface area is 107 Å². The number of hydrogen-bond donors (Lipinski definition) is 1. The maximum Gasteiger partial charge on any atom is 0.0971 e. The summed E-state index contributed by atoms with van der Waals surface area (Å²) in [6, 6.07) is 0.716. The third-order valence-corrected chi connectivity index (χ3v) is 4.67. The molecule has 0 amide bonds. The summed E-state index contributed by atoms with van der Waals surface area (Å²) in [5.74, 6) is 1.86. The van der Waals surface area contributed by atoms with Gasteiger partial charge in [-0.15, -0.1) is 0 Å². The van der Waals surface area contributed by atoms with Gasteiger partial charge in [-0.2, -0.15) is 0 Å². The summed E-state index contributed by atoms with van der Waals surface area (Å²) in [6.07, 6.45) is 11.2. The summed E-state index contributed by atoms with van der Waals surface area (Å²) in [5, 5.41) is 3.58. The largest absolute Gasteiger partial charge is 0.363 e. The average molecular weight is 239 g/mol. The van der Waals surface area contributed by atoms with Gasteiger partial charge in [-0.1, -0.05) is 13.8 Å². The molecule has 0 radical (unpaired) electrons. The van der Waals surface area contributed by atoms with Gasteiger partial charge in [0.15, 0.2) is 0 Å². The van der Waals surface area contributed by atoms with E-state index in [9.17, 15) is 0 Å². The fourth-order valence-electron chi connectivity index (χ4n) is 3.14. The first-order valence-electron chi connectivity index (χ1n) is 7.59. The molecule has 2 aliphatic rings. The van der Waals surface area contributed by atoms with Crippen molar-refractivity contribution in [2.75, 3.05) is 6.73 Å². The van der Waals surface area contributed by atoms with Crippen LogP contribution >= 0.6 is 0 Å². The lowest BCUT2D eigenvalue weighted by molar-refractivity contribution is 0.00329. The summed E-state index contributed by atoms with van der Waals surface area (Å²) in [6.45, 7) is 5.51. The molecule has 0 aliphatic heterocycles. The molecule has 2 nitrogen and oxygen atoms in total. The molecular formula is C15H29NO. The van der Waals surface area contributed by atoms with Crippen molar-refractivity contribution in [2.24, 2.45) is 11.8 Å². The molecule has 17 heavy (non-hydrogen) atoms. The van der Waals surface area contributed by atoms with Crippen LogP contribution < -0.4 is 5.32 Å². The van der Waals surface area contributed by atoms with Gasteiger partial charge in [-0.3, -0.25) is 5.32 Å². The van der Waals surface area contributed by atoms with E-state index >= 15 is 0 Å². The molecule has 1 N–H and O–H groups in total. The predicted octanol–water partition coefficient (Wildman–Crippen LogP) is 3.71. The van der Waals surface area contributed by atoms with Crippen molar-refractivity contribution in [3.8, 4) is 0 Å². The first kappa shape index (κ1) is 13.4. The fraction of sp³-hybridized carbons (Fsp3) is 1.00. The normalized spacial score (nSPS) is 39.2. The maximum absolute atomic E-state index is 5.95. The minimum absolute atomic E-state index is 0.529. The Bertz CT molecular complexity index is 181. The molecule has 0 aromatic heterocycles. The Morgan fingerprint density at radius 2 is 1.35 bits per heavy atom. The highest BCUT2D eigenvalue weighted by molar-refractivity contribution is 4.75. The second-order valence-corrected chi connectivity index (χ2v) is 6.35. The minimum atomic E-state index is 0.529. The smallest absolute Gasteiger partial charge is 0.0971 e. The zero-order chi connectivity index (χ0) is 12.1. The highest BCUT2D eigenvalue weighted by Crippen LogP contribution is 2.26. The molecule has 0 bridgehead atoms. The van der Waals surface area contributed by atoms with Gasteiger partial charge >= 0.3 is 0 Å². The van der Waals surface area contributed by atoms with Gasteiger partial charge in [0, 0.05) is 6.04 Å². The van der Waals surface area contributed by atoms with Crippen LogP contribution in [0, 0.1) is 11.8 Å². The van der Waals surface area contributed by atoms with Crippen molar-refractivity contribution in [1.82, 2.24) is 5.32 Å². The van der Waals surface area contributed by atoms with Crippen molar-refractivity contribution in [3.05, 3.63) is 0 Å². The first-order chi connectivity index (χ1) is 8.24. The number of rotatable bonds is 4. The fourth-order valence-corrected chi connectivity index (χ4v) is 3.14. The zero-order valence-electron chi connectivity index (χ0n) is 11.6. The molecule has 2 heteroatoms. The van der Waals surface area contributed by atoms with Crippen LogP contribution in [0.25, 0.3) is 0 Å². The molecule has 0 aromatic carbocycles. The lowest BCUT2D eigenvalue weighted by atomic mass is 9.87. The van der Waals surface area contributed by atoms with Gasteiger partial charge in [-0.05, 0) is 63.2 Å². The molecule has 2 aliphatic carbocycles. The molecule has 0 aromatic rings. The standard InChI is InChI=1S/C15H29NO/c1-12-3-7-14(8-4-12)16-11-17-15-9-5-13(2)6-10-15/h12-16H,3-11H2,1-2H3. The van der Waals surface area contributed by atoms with Crippen LogP contribution in [-0.4, -0.2) is 18.9 Å². The Balaban J connectivity index is 1.54. The number of ether oxygens (including phenoxy) is 1. The SMILES string of the molecule is CC1CCC(NCOC2CCC(C)CC2)CC1. The molecule has 0 saturated heterocycles. The van der Waals surface area contributed by atoms with Crippen LogP contribution in [0.3, 0.4) is 0 Å². The van der Waals surface area contributed by atoms with E-state index in [2.05, 4.69) is 19.2 Å². The molecule has 2 rings (SSSR count). The third kappa shape index (κ3) is 4.59. The van der Waals surface area contributed by atoms with E-state index in [4.69, 9.17) is 4.74 Å². The van der Waals surface area contributed by atoms with Crippen LogP contribution in [-0.2, 0) is 4.74 Å². The summed E-state index contributed by atoms with van der Waals surface area (Å²) in [7, 11) is 0. The van der Waals surface area contributed by atoms with Gasteiger partial charge in [0.1, 0.15) is 0 Å². The van der Waals surface area contributed by atoms with E-state index < -0.39 is 0 Å². The van der Waals surface area contributed by atoms with E-state index in [1.165, 1.54) is 51.4 Å². The third-order valence-electron chi connectivity index (χ3n) is 4.67. The number of hydrogen-bond acceptors (Lipinski definition) is 2. The van der Waals surface area contributed by atoms with E-state index in [0.717, 1.165) is 18.6 Å². The second kappa shape index (κ2) is 6.75. The maximum atomic E-state index is 5.95. The van der Waals surface area contributed by atoms with Crippen LogP contribution in [0.4, 0.5) is 0 Å². The summed E-state index contributed by atoms with van der Waals surface area (Å²) in [5.41, 5.74) is 0. The second-order valence-electron chi connectivity index (χ2n) is 6.35. The molecular weight excluding hydrogens is 210 g/mol. The minimum Gasteiger partial charge on any atom is -0.363 e. The Kier molecular flexibility index (Phi) is 5.30. The Morgan fingerprint density at radius 1 is 0.824 bits per heavy atom. The summed E-state index contributed by atoms with van der Waals surface area (Å²) in [4.78, 5) is 0. The Morgan fingerprint density at radius 3 is 1.94 bits per heavy atom. The van der Waals surface area contributed by atoms with Gasteiger partial charge in [0.25, 0.3) is 0 Å². The van der Waals surface area contributed by atoms with Crippen molar-refractivity contribution < 1.29 is 4.74 Å². The molecule has 0 unspecified atom stereocenters.